The fraction of sp³-hybridized carbons (Fsp3) is 0.440. The molecule has 7 nitrogen and oxygen atoms in total. The van der Waals surface area contributed by atoms with Gasteiger partial charge in [0.05, 0.1) is 17.1 Å². The lowest BCUT2D eigenvalue weighted by atomic mass is 9.91. The van der Waals surface area contributed by atoms with Gasteiger partial charge in [-0.05, 0) is 60.5 Å². The Bertz CT molecular complexity index is 1250. The van der Waals surface area contributed by atoms with Crippen LogP contribution >= 0.6 is 24.0 Å². The minimum Gasteiger partial charge on any atom is -0.299 e. The molecule has 2 unspecified atom stereocenters. The molecule has 2 saturated heterocycles. The summed E-state index contributed by atoms with van der Waals surface area (Å²) < 4.78 is 0. The van der Waals surface area contributed by atoms with Gasteiger partial charge in [-0.25, -0.2) is 9.97 Å². The molecule has 5 heterocycles. The number of benzene rings is 1. The van der Waals surface area contributed by atoms with Gasteiger partial charge < -0.3 is 0 Å². The first-order valence-corrected chi connectivity index (χ1v) is 13.3. The number of hydrogen-bond acceptors (Lipinski definition) is 8. The number of carbonyl (C=O) groups is 2. The van der Waals surface area contributed by atoms with Gasteiger partial charge in [0.15, 0.2) is 0 Å². The summed E-state index contributed by atoms with van der Waals surface area (Å²) in [6, 6.07) is 8.48. The third kappa shape index (κ3) is 4.04. The smallest absolute Gasteiger partial charge is 0.243 e. The van der Waals surface area contributed by atoms with E-state index >= 15 is 0 Å². The van der Waals surface area contributed by atoms with E-state index in [2.05, 4.69) is 54.7 Å². The van der Waals surface area contributed by atoms with Crippen LogP contribution in [0.25, 0.3) is 10.2 Å². The van der Waals surface area contributed by atoms with Crippen LogP contribution in [0, 0.1) is 0 Å². The van der Waals surface area contributed by atoms with Crippen LogP contribution in [0.4, 0.5) is 0 Å². The monoisotopic (exact) mass is 493 g/mol. The van der Waals surface area contributed by atoms with E-state index < -0.39 is 0 Å². The van der Waals surface area contributed by atoms with E-state index in [1.807, 2.05) is 0 Å². The molecule has 0 spiro atoms. The molecule has 2 fully saturated rings. The SMILES string of the molecule is O=C1CCC(N2Cc3cc(CN4CCC(c5ncnc6sccc56)CC4)ccc3C2S)C(=O)N1. The van der Waals surface area contributed by atoms with Crippen molar-refractivity contribution in [2.45, 2.75) is 56.1 Å². The number of piperidine rings is 2. The number of carbonyl (C=O) groups excluding carboxylic acids is 2. The van der Waals surface area contributed by atoms with Gasteiger partial charge in [0.1, 0.15) is 11.2 Å². The first kappa shape index (κ1) is 22.2. The van der Waals surface area contributed by atoms with E-state index in [4.69, 9.17) is 12.6 Å². The third-order valence-electron chi connectivity index (χ3n) is 7.44. The molecule has 3 aromatic rings. The Kier molecular flexibility index (Phi) is 5.89. The number of rotatable bonds is 4. The average Bonchev–Trinajstić information content (AvgIpc) is 3.44. The van der Waals surface area contributed by atoms with E-state index in [0.29, 0.717) is 25.3 Å². The van der Waals surface area contributed by atoms with Crippen LogP contribution in [0.5, 0.6) is 0 Å². The Morgan fingerprint density at radius 2 is 1.97 bits per heavy atom. The molecule has 2 amide bonds. The highest BCUT2D eigenvalue weighted by Crippen LogP contribution is 2.40. The Labute approximate surface area is 208 Å². The standard InChI is InChI=1S/C25H27N5O2S2/c31-21-4-3-20(23(32)28-21)30-13-17-11-15(1-2-18(17)25(30)33)12-29-8-5-16(6-9-29)22-19-7-10-34-24(19)27-14-26-22/h1-2,7,10-11,14,16,20,25,33H,3-6,8-9,12-13H2,(H,28,31,32). The highest BCUT2D eigenvalue weighted by molar-refractivity contribution is 7.80. The molecule has 3 aliphatic heterocycles. The molecule has 2 aromatic heterocycles. The predicted molar refractivity (Wildman–Crippen MR) is 135 cm³/mol. The number of fused-ring (bicyclic) bond motifs is 2. The van der Waals surface area contributed by atoms with Crippen LogP contribution < -0.4 is 5.32 Å². The molecule has 0 bridgehead atoms. The van der Waals surface area contributed by atoms with Gasteiger partial charge in [0.2, 0.25) is 11.8 Å². The number of nitrogens with zero attached hydrogens (tertiary/aromatic N) is 4. The van der Waals surface area contributed by atoms with Gasteiger partial charge in [-0.15, -0.1) is 11.3 Å². The summed E-state index contributed by atoms with van der Waals surface area (Å²) in [4.78, 5) is 38.7. The predicted octanol–water partition coefficient (Wildman–Crippen LogP) is 3.62. The molecule has 0 saturated carbocycles. The lowest BCUT2D eigenvalue weighted by Gasteiger charge is -2.32. The van der Waals surface area contributed by atoms with E-state index in [0.717, 1.165) is 37.3 Å². The fourth-order valence-electron chi connectivity index (χ4n) is 5.64. The van der Waals surface area contributed by atoms with Crippen molar-refractivity contribution in [2.24, 2.45) is 0 Å². The number of likely N-dealkylation sites (tertiary alicyclic amines) is 1. The van der Waals surface area contributed by atoms with Crippen LogP contribution in [0.3, 0.4) is 0 Å². The number of aromatic nitrogens is 2. The van der Waals surface area contributed by atoms with Crippen LogP contribution in [0.15, 0.2) is 36.0 Å². The molecule has 0 aliphatic carbocycles. The second kappa shape index (κ2) is 9.03. The van der Waals surface area contributed by atoms with Crippen LogP contribution in [-0.2, 0) is 22.7 Å². The molecule has 0 radical (unpaired) electrons. The minimum absolute atomic E-state index is 0.120. The molecule has 34 heavy (non-hydrogen) atoms. The number of nitrogens with one attached hydrogen (secondary N) is 1. The van der Waals surface area contributed by atoms with Crippen molar-refractivity contribution in [1.82, 2.24) is 25.1 Å². The molecule has 6 rings (SSSR count). The number of amides is 2. The molecule has 1 aromatic carbocycles. The normalized spacial score (nSPS) is 24.5. The van der Waals surface area contributed by atoms with Crippen molar-refractivity contribution in [1.29, 1.82) is 0 Å². The molecular weight excluding hydrogens is 466 g/mol. The molecule has 1 N–H and O–H groups in total. The quantitative estimate of drug-likeness (QED) is 0.427. The zero-order valence-electron chi connectivity index (χ0n) is 18.8. The first-order valence-electron chi connectivity index (χ1n) is 11.9. The lowest BCUT2D eigenvalue weighted by molar-refractivity contribution is -0.137. The highest BCUT2D eigenvalue weighted by atomic mass is 32.1. The lowest BCUT2D eigenvalue weighted by Crippen LogP contribution is -2.51. The summed E-state index contributed by atoms with van der Waals surface area (Å²) in [5.74, 6) is 0.109. The van der Waals surface area contributed by atoms with E-state index in [1.54, 1.807) is 17.7 Å². The fourth-order valence-corrected chi connectivity index (χ4v) is 6.88. The van der Waals surface area contributed by atoms with Crippen LogP contribution in [0.2, 0.25) is 0 Å². The van der Waals surface area contributed by atoms with E-state index in [9.17, 15) is 9.59 Å². The van der Waals surface area contributed by atoms with Crippen molar-refractivity contribution in [3.8, 4) is 0 Å². The number of thiol groups is 1. The Hall–Kier alpha value is -2.33. The number of imide groups is 1. The van der Waals surface area contributed by atoms with Gasteiger partial charge >= 0.3 is 0 Å². The first-order chi connectivity index (χ1) is 16.6. The third-order valence-corrected chi connectivity index (χ3v) is 8.83. The van der Waals surface area contributed by atoms with Crippen molar-refractivity contribution >= 4 is 46.0 Å². The molecular formula is C25H27N5O2S2. The molecule has 2 atom stereocenters. The number of hydrogen-bond donors (Lipinski definition) is 2. The Balaban J connectivity index is 1.10. The second-order valence-electron chi connectivity index (χ2n) is 9.49. The highest BCUT2D eigenvalue weighted by Gasteiger charge is 2.39. The summed E-state index contributed by atoms with van der Waals surface area (Å²) >= 11 is 6.49. The minimum atomic E-state index is -0.299. The average molecular weight is 494 g/mol. The second-order valence-corrected chi connectivity index (χ2v) is 10.9. The number of thiophene rings is 1. The van der Waals surface area contributed by atoms with Gasteiger partial charge in [-0.1, -0.05) is 18.2 Å². The van der Waals surface area contributed by atoms with Gasteiger partial charge in [-0.2, -0.15) is 12.6 Å². The maximum absolute atomic E-state index is 12.4. The van der Waals surface area contributed by atoms with Crippen molar-refractivity contribution in [3.05, 3.63) is 58.4 Å². The maximum atomic E-state index is 12.4. The zero-order chi connectivity index (χ0) is 23.2. The van der Waals surface area contributed by atoms with Gasteiger partial charge in [-0.3, -0.25) is 24.7 Å². The van der Waals surface area contributed by atoms with Crippen molar-refractivity contribution < 1.29 is 9.59 Å². The van der Waals surface area contributed by atoms with Crippen LogP contribution in [-0.4, -0.2) is 50.7 Å². The van der Waals surface area contributed by atoms with Crippen LogP contribution in [0.1, 0.15) is 59.4 Å². The Morgan fingerprint density at radius 3 is 2.79 bits per heavy atom. The largest absolute Gasteiger partial charge is 0.299 e. The molecule has 176 valence electrons. The molecule has 9 heteroatoms. The summed E-state index contributed by atoms with van der Waals surface area (Å²) in [6.07, 6.45) is 4.86. The van der Waals surface area contributed by atoms with Gasteiger partial charge in [0, 0.05) is 30.8 Å². The summed E-state index contributed by atoms with van der Waals surface area (Å²) in [5.41, 5.74) is 4.90. The molecule has 3 aliphatic rings. The Morgan fingerprint density at radius 1 is 1.12 bits per heavy atom. The summed E-state index contributed by atoms with van der Waals surface area (Å²) in [7, 11) is 0. The van der Waals surface area contributed by atoms with Crippen molar-refractivity contribution in [2.75, 3.05) is 13.1 Å². The van der Waals surface area contributed by atoms with E-state index in [-0.39, 0.29) is 23.2 Å². The summed E-state index contributed by atoms with van der Waals surface area (Å²) in [6.45, 7) is 3.72. The topological polar surface area (TPSA) is 78.4 Å². The zero-order valence-corrected chi connectivity index (χ0v) is 20.5. The van der Waals surface area contributed by atoms with Crippen molar-refractivity contribution in [3.63, 3.8) is 0 Å². The van der Waals surface area contributed by atoms with E-state index in [1.165, 1.54) is 27.8 Å². The summed E-state index contributed by atoms with van der Waals surface area (Å²) in [5, 5.41) is 5.67. The maximum Gasteiger partial charge on any atom is 0.243 e. The van der Waals surface area contributed by atoms with Gasteiger partial charge in [0.25, 0.3) is 0 Å².